The molecule has 0 bridgehead atoms. The van der Waals surface area contributed by atoms with E-state index in [1.54, 1.807) is 13.8 Å². The van der Waals surface area contributed by atoms with E-state index in [1.807, 2.05) is 25.1 Å². The quantitative estimate of drug-likeness (QED) is 0.803. The molecule has 1 heterocycles. The van der Waals surface area contributed by atoms with Gasteiger partial charge in [-0.05, 0) is 38.5 Å². The molecule has 0 fully saturated rings. The van der Waals surface area contributed by atoms with E-state index >= 15 is 0 Å². The molecule has 0 saturated heterocycles. The number of hydrogen-bond donors (Lipinski definition) is 0. The Hall–Kier alpha value is -1.75. The van der Waals surface area contributed by atoms with Gasteiger partial charge in [-0.25, -0.2) is 14.8 Å². The van der Waals surface area contributed by atoms with Gasteiger partial charge in [0.05, 0.1) is 17.9 Å². The number of esters is 1. The fraction of sp³-hybridized carbons (Fsp3) is 0.267. The van der Waals surface area contributed by atoms with Crippen molar-refractivity contribution in [2.24, 2.45) is 0 Å². The number of nitrogens with zero attached hydrogens (tertiary/aromatic N) is 2. The molecule has 0 saturated carbocycles. The molecule has 0 spiro atoms. The first-order valence-electron chi connectivity index (χ1n) is 6.30. The van der Waals surface area contributed by atoms with Crippen molar-refractivity contribution in [3.63, 3.8) is 0 Å². The molecule has 20 heavy (non-hydrogen) atoms. The van der Waals surface area contributed by atoms with Gasteiger partial charge in [0.2, 0.25) is 0 Å². The van der Waals surface area contributed by atoms with Crippen molar-refractivity contribution in [2.75, 3.05) is 6.61 Å². The fourth-order valence-electron chi connectivity index (χ4n) is 1.81. The minimum atomic E-state index is -0.389. The molecule has 1 aromatic carbocycles. The van der Waals surface area contributed by atoms with E-state index in [0.29, 0.717) is 23.7 Å². The molecule has 0 amide bonds. The minimum absolute atomic E-state index is 0.337. The van der Waals surface area contributed by atoms with Crippen LogP contribution in [0.25, 0.3) is 11.4 Å². The highest BCUT2D eigenvalue weighted by molar-refractivity contribution is 9.10. The van der Waals surface area contributed by atoms with Gasteiger partial charge in [0.25, 0.3) is 0 Å². The maximum absolute atomic E-state index is 11.7. The van der Waals surface area contributed by atoms with Crippen LogP contribution in [0.15, 0.2) is 28.9 Å². The molecular formula is C15H15BrN2O2. The van der Waals surface area contributed by atoms with Crippen molar-refractivity contribution in [3.8, 4) is 11.4 Å². The molecule has 0 unspecified atom stereocenters. The molecule has 0 aliphatic rings. The highest BCUT2D eigenvalue weighted by Crippen LogP contribution is 2.26. The molecule has 104 valence electrons. The predicted octanol–water partition coefficient (Wildman–Crippen LogP) is 3.70. The summed E-state index contributed by atoms with van der Waals surface area (Å²) in [5.41, 5.74) is 3.06. The smallest absolute Gasteiger partial charge is 0.341 e. The van der Waals surface area contributed by atoms with Crippen molar-refractivity contribution in [1.82, 2.24) is 9.97 Å². The largest absolute Gasteiger partial charge is 0.462 e. The van der Waals surface area contributed by atoms with Crippen molar-refractivity contribution >= 4 is 21.9 Å². The summed E-state index contributed by atoms with van der Waals surface area (Å²) in [4.78, 5) is 20.4. The van der Waals surface area contributed by atoms with Crippen molar-refractivity contribution in [1.29, 1.82) is 0 Å². The molecule has 0 N–H and O–H groups in total. The Balaban J connectivity index is 2.40. The van der Waals surface area contributed by atoms with E-state index in [0.717, 1.165) is 15.6 Å². The molecule has 0 radical (unpaired) electrons. The molecular weight excluding hydrogens is 320 g/mol. The summed E-state index contributed by atoms with van der Waals surface area (Å²) in [5.74, 6) is 0.196. The second-order valence-corrected chi connectivity index (χ2v) is 5.25. The molecule has 2 rings (SSSR count). The van der Waals surface area contributed by atoms with Crippen LogP contribution in [-0.2, 0) is 4.74 Å². The number of aromatic nitrogens is 2. The Morgan fingerprint density at radius 1 is 1.35 bits per heavy atom. The van der Waals surface area contributed by atoms with Crippen LogP contribution in [0, 0.1) is 13.8 Å². The standard InChI is InChI=1S/C15H15BrN2O2/c1-4-20-15(19)12-8-17-14(18-10(12)3)11-6-5-9(2)7-13(11)16/h5-8H,4H2,1-3H3. The highest BCUT2D eigenvalue weighted by Gasteiger charge is 2.14. The third-order valence-electron chi connectivity index (χ3n) is 2.84. The van der Waals surface area contributed by atoms with E-state index in [9.17, 15) is 4.79 Å². The van der Waals surface area contributed by atoms with Gasteiger partial charge in [-0.3, -0.25) is 0 Å². The summed E-state index contributed by atoms with van der Waals surface area (Å²) in [6.07, 6.45) is 1.52. The number of carbonyl (C=O) groups is 1. The molecule has 0 aliphatic carbocycles. The molecule has 2 aromatic rings. The highest BCUT2D eigenvalue weighted by atomic mass is 79.9. The predicted molar refractivity (Wildman–Crippen MR) is 80.6 cm³/mol. The van der Waals surface area contributed by atoms with Gasteiger partial charge in [0, 0.05) is 16.2 Å². The normalized spacial score (nSPS) is 10.4. The Kier molecular flexibility index (Phi) is 4.49. The maximum Gasteiger partial charge on any atom is 0.341 e. The number of aryl methyl sites for hydroxylation is 2. The molecule has 5 heteroatoms. The average molecular weight is 335 g/mol. The first-order chi connectivity index (χ1) is 9.52. The lowest BCUT2D eigenvalue weighted by Crippen LogP contribution is -2.09. The summed E-state index contributed by atoms with van der Waals surface area (Å²) >= 11 is 3.51. The average Bonchev–Trinajstić information content (AvgIpc) is 2.38. The molecule has 0 atom stereocenters. The zero-order chi connectivity index (χ0) is 14.7. The zero-order valence-corrected chi connectivity index (χ0v) is 13.2. The van der Waals surface area contributed by atoms with Crippen LogP contribution in [0.1, 0.15) is 28.5 Å². The van der Waals surface area contributed by atoms with Crippen LogP contribution < -0.4 is 0 Å². The van der Waals surface area contributed by atoms with E-state index in [-0.39, 0.29) is 5.97 Å². The van der Waals surface area contributed by atoms with Gasteiger partial charge >= 0.3 is 5.97 Å². The van der Waals surface area contributed by atoms with E-state index in [4.69, 9.17) is 4.74 Å². The van der Waals surface area contributed by atoms with Crippen LogP contribution >= 0.6 is 15.9 Å². The summed E-state index contributed by atoms with van der Waals surface area (Å²) in [6.45, 7) is 5.90. The molecule has 0 aliphatic heterocycles. The van der Waals surface area contributed by atoms with Gasteiger partial charge in [0.1, 0.15) is 0 Å². The van der Waals surface area contributed by atoms with E-state index < -0.39 is 0 Å². The number of carbonyl (C=O) groups excluding carboxylic acids is 1. The second-order valence-electron chi connectivity index (χ2n) is 4.40. The summed E-state index contributed by atoms with van der Waals surface area (Å²) < 4.78 is 5.90. The van der Waals surface area contributed by atoms with Crippen molar-refractivity contribution < 1.29 is 9.53 Å². The second kappa shape index (κ2) is 6.13. The van der Waals surface area contributed by atoms with Crippen LogP contribution in [0.3, 0.4) is 0 Å². The monoisotopic (exact) mass is 334 g/mol. The Bertz CT molecular complexity index is 656. The Morgan fingerprint density at radius 3 is 2.70 bits per heavy atom. The topological polar surface area (TPSA) is 52.1 Å². The van der Waals surface area contributed by atoms with Crippen LogP contribution in [0.5, 0.6) is 0 Å². The van der Waals surface area contributed by atoms with Gasteiger partial charge in [0.15, 0.2) is 5.82 Å². The molecule has 4 nitrogen and oxygen atoms in total. The number of halogens is 1. The molecule has 1 aromatic heterocycles. The first-order valence-corrected chi connectivity index (χ1v) is 7.09. The fourth-order valence-corrected chi connectivity index (χ4v) is 2.48. The van der Waals surface area contributed by atoms with E-state index in [2.05, 4.69) is 25.9 Å². The Labute approximate surface area is 126 Å². The van der Waals surface area contributed by atoms with Crippen LogP contribution in [-0.4, -0.2) is 22.5 Å². The van der Waals surface area contributed by atoms with Gasteiger partial charge in [-0.1, -0.05) is 22.0 Å². The third-order valence-corrected chi connectivity index (χ3v) is 3.50. The number of hydrogen-bond acceptors (Lipinski definition) is 4. The lowest BCUT2D eigenvalue weighted by atomic mass is 10.1. The SMILES string of the molecule is CCOC(=O)c1cnc(-c2ccc(C)cc2Br)nc1C. The lowest BCUT2D eigenvalue weighted by molar-refractivity contribution is 0.0524. The zero-order valence-electron chi connectivity index (χ0n) is 11.6. The number of ether oxygens (including phenoxy) is 1. The summed E-state index contributed by atoms with van der Waals surface area (Å²) in [6, 6.07) is 5.96. The van der Waals surface area contributed by atoms with Crippen LogP contribution in [0.4, 0.5) is 0 Å². The number of rotatable bonds is 3. The maximum atomic E-state index is 11.7. The third kappa shape index (κ3) is 3.04. The first kappa shape index (κ1) is 14.7. The number of benzene rings is 1. The van der Waals surface area contributed by atoms with Gasteiger partial charge in [-0.2, -0.15) is 0 Å². The minimum Gasteiger partial charge on any atom is -0.462 e. The van der Waals surface area contributed by atoms with Crippen molar-refractivity contribution in [2.45, 2.75) is 20.8 Å². The Morgan fingerprint density at radius 2 is 2.10 bits per heavy atom. The van der Waals surface area contributed by atoms with Gasteiger partial charge in [-0.15, -0.1) is 0 Å². The van der Waals surface area contributed by atoms with Gasteiger partial charge < -0.3 is 4.74 Å². The summed E-state index contributed by atoms with van der Waals surface area (Å²) in [7, 11) is 0. The van der Waals surface area contributed by atoms with Crippen LogP contribution in [0.2, 0.25) is 0 Å². The lowest BCUT2D eigenvalue weighted by Gasteiger charge is -2.08. The van der Waals surface area contributed by atoms with E-state index in [1.165, 1.54) is 6.20 Å². The van der Waals surface area contributed by atoms with Crippen molar-refractivity contribution in [3.05, 3.63) is 45.7 Å². The summed E-state index contributed by atoms with van der Waals surface area (Å²) in [5, 5.41) is 0.